The van der Waals surface area contributed by atoms with E-state index in [0.29, 0.717) is 0 Å². The predicted molar refractivity (Wildman–Crippen MR) is 59.3 cm³/mol. The summed E-state index contributed by atoms with van der Waals surface area (Å²) in [5.41, 5.74) is 8.06. The van der Waals surface area contributed by atoms with Gasteiger partial charge in [-0.1, -0.05) is 20.8 Å². The van der Waals surface area contributed by atoms with Crippen molar-refractivity contribution in [2.24, 2.45) is 12.8 Å². The third-order valence-corrected chi connectivity index (χ3v) is 2.38. The number of hydrogen-bond donors (Lipinski definition) is 1. The molecular formula is C11H21N3. The van der Waals surface area contributed by atoms with Gasteiger partial charge in [0.25, 0.3) is 0 Å². The molecule has 0 aliphatic heterocycles. The topological polar surface area (TPSA) is 43.8 Å². The molecule has 2 N–H and O–H groups in total. The van der Waals surface area contributed by atoms with Crippen molar-refractivity contribution in [1.82, 2.24) is 9.78 Å². The molecule has 0 bridgehead atoms. The number of aromatic nitrogens is 2. The van der Waals surface area contributed by atoms with Crippen LogP contribution in [-0.2, 0) is 18.9 Å². The number of nitrogens with two attached hydrogens (primary N) is 1. The maximum Gasteiger partial charge on any atom is 0.0680 e. The zero-order valence-electron chi connectivity index (χ0n) is 9.67. The lowest BCUT2D eigenvalue weighted by molar-refractivity contribution is 0.551. The van der Waals surface area contributed by atoms with E-state index < -0.39 is 0 Å². The Balaban J connectivity index is 2.82. The second kappa shape index (κ2) is 4.13. The highest BCUT2D eigenvalue weighted by Gasteiger charge is 2.18. The molecule has 3 heteroatoms. The fraction of sp³-hybridized carbons (Fsp3) is 0.727. The van der Waals surface area contributed by atoms with Gasteiger partial charge in [-0.15, -0.1) is 0 Å². The molecule has 0 radical (unpaired) electrons. The summed E-state index contributed by atoms with van der Waals surface area (Å²) in [6, 6.07) is 2.19. The molecule has 0 aliphatic rings. The van der Waals surface area contributed by atoms with Gasteiger partial charge < -0.3 is 5.73 Å². The fourth-order valence-electron chi connectivity index (χ4n) is 1.39. The minimum Gasteiger partial charge on any atom is -0.330 e. The summed E-state index contributed by atoms with van der Waals surface area (Å²) < 4.78 is 1.97. The van der Waals surface area contributed by atoms with Gasteiger partial charge in [0.15, 0.2) is 0 Å². The zero-order chi connectivity index (χ0) is 10.8. The molecule has 0 spiro atoms. The van der Waals surface area contributed by atoms with Gasteiger partial charge in [-0.05, 0) is 25.5 Å². The van der Waals surface area contributed by atoms with E-state index in [1.54, 1.807) is 0 Å². The molecule has 0 atom stereocenters. The summed E-state index contributed by atoms with van der Waals surface area (Å²) in [7, 11) is 2.00. The van der Waals surface area contributed by atoms with Crippen molar-refractivity contribution >= 4 is 0 Å². The Labute approximate surface area is 86.3 Å². The minimum atomic E-state index is 0.138. The van der Waals surface area contributed by atoms with Crippen LogP contribution in [0.15, 0.2) is 6.07 Å². The van der Waals surface area contributed by atoms with Crippen LogP contribution in [0.4, 0.5) is 0 Å². The first-order valence-corrected chi connectivity index (χ1v) is 5.18. The number of rotatable bonds is 3. The zero-order valence-corrected chi connectivity index (χ0v) is 9.67. The Hall–Kier alpha value is -0.830. The summed E-state index contributed by atoms with van der Waals surface area (Å²) in [6.45, 7) is 7.29. The van der Waals surface area contributed by atoms with Crippen LogP contribution in [0.5, 0.6) is 0 Å². The standard InChI is InChI=1S/C11H21N3/c1-11(2,3)10-8-9(6-5-7-12)14(4)13-10/h8H,5-7,12H2,1-4H3. The van der Waals surface area contributed by atoms with E-state index in [2.05, 4.69) is 31.9 Å². The van der Waals surface area contributed by atoms with Crippen LogP contribution in [-0.4, -0.2) is 16.3 Å². The van der Waals surface area contributed by atoms with E-state index >= 15 is 0 Å². The van der Waals surface area contributed by atoms with Crippen LogP contribution in [0.25, 0.3) is 0 Å². The Kier molecular flexibility index (Phi) is 3.32. The second-order valence-corrected chi connectivity index (χ2v) is 4.79. The number of aryl methyl sites for hydroxylation is 2. The molecule has 0 saturated carbocycles. The van der Waals surface area contributed by atoms with Gasteiger partial charge >= 0.3 is 0 Å². The quantitative estimate of drug-likeness (QED) is 0.796. The first kappa shape index (κ1) is 11.2. The van der Waals surface area contributed by atoms with Gasteiger partial charge in [-0.3, -0.25) is 4.68 Å². The van der Waals surface area contributed by atoms with E-state index in [4.69, 9.17) is 5.73 Å². The normalized spacial score (nSPS) is 12.1. The van der Waals surface area contributed by atoms with Crippen LogP contribution in [0.1, 0.15) is 38.6 Å². The van der Waals surface area contributed by atoms with E-state index in [1.165, 1.54) is 5.69 Å². The molecule has 14 heavy (non-hydrogen) atoms. The highest BCUT2D eigenvalue weighted by molar-refractivity contribution is 5.17. The van der Waals surface area contributed by atoms with Crippen molar-refractivity contribution in [2.75, 3.05) is 6.54 Å². The van der Waals surface area contributed by atoms with Crippen molar-refractivity contribution in [3.8, 4) is 0 Å². The predicted octanol–water partition coefficient (Wildman–Crippen LogP) is 1.61. The van der Waals surface area contributed by atoms with E-state index in [9.17, 15) is 0 Å². The average Bonchev–Trinajstić information content (AvgIpc) is 2.43. The lowest BCUT2D eigenvalue weighted by atomic mass is 9.92. The molecule has 3 nitrogen and oxygen atoms in total. The summed E-state index contributed by atoms with van der Waals surface area (Å²) in [5, 5.41) is 4.51. The highest BCUT2D eigenvalue weighted by Crippen LogP contribution is 2.21. The van der Waals surface area contributed by atoms with Crippen LogP contribution in [0, 0.1) is 0 Å². The van der Waals surface area contributed by atoms with Gasteiger partial charge in [0.2, 0.25) is 0 Å². The molecule has 0 aliphatic carbocycles. The lowest BCUT2D eigenvalue weighted by Crippen LogP contribution is -2.12. The lowest BCUT2D eigenvalue weighted by Gasteiger charge is -2.13. The Morgan fingerprint density at radius 2 is 2.07 bits per heavy atom. The number of nitrogens with zero attached hydrogens (tertiary/aromatic N) is 2. The molecule has 0 saturated heterocycles. The average molecular weight is 195 g/mol. The van der Waals surface area contributed by atoms with E-state index in [1.807, 2.05) is 11.7 Å². The smallest absolute Gasteiger partial charge is 0.0680 e. The molecule has 1 rings (SSSR count). The van der Waals surface area contributed by atoms with Crippen molar-refractivity contribution in [1.29, 1.82) is 0 Å². The summed E-state index contributed by atoms with van der Waals surface area (Å²) in [4.78, 5) is 0. The summed E-state index contributed by atoms with van der Waals surface area (Å²) >= 11 is 0. The maximum atomic E-state index is 5.49. The second-order valence-electron chi connectivity index (χ2n) is 4.79. The summed E-state index contributed by atoms with van der Waals surface area (Å²) in [5.74, 6) is 0. The largest absolute Gasteiger partial charge is 0.330 e. The van der Waals surface area contributed by atoms with Crippen molar-refractivity contribution in [3.63, 3.8) is 0 Å². The molecule has 1 heterocycles. The highest BCUT2D eigenvalue weighted by atomic mass is 15.3. The SMILES string of the molecule is Cn1nc(C(C)(C)C)cc1CCCN. The van der Waals surface area contributed by atoms with Crippen LogP contribution in [0.2, 0.25) is 0 Å². The Morgan fingerprint density at radius 3 is 2.50 bits per heavy atom. The van der Waals surface area contributed by atoms with Crippen molar-refractivity contribution in [2.45, 2.75) is 39.0 Å². The van der Waals surface area contributed by atoms with Crippen LogP contribution < -0.4 is 5.73 Å². The third-order valence-electron chi connectivity index (χ3n) is 2.38. The molecule has 0 amide bonds. The maximum absolute atomic E-state index is 5.49. The third kappa shape index (κ3) is 2.58. The van der Waals surface area contributed by atoms with Crippen LogP contribution in [0.3, 0.4) is 0 Å². The number of hydrogen-bond acceptors (Lipinski definition) is 2. The molecular weight excluding hydrogens is 174 g/mol. The molecule has 0 aromatic carbocycles. The van der Waals surface area contributed by atoms with Gasteiger partial charge in [0.1, 0.15) is 0 Å². The molecule has 0 unspecified atom stereocenters. The molecule has 1 aromatic heterocycles. The molecule has 0 fully saturated rings. The first-order chi connectivity index (χ1) is 6.45. The monoisotopic (exact) mass is 195 g/mol. The Bertz CT molecular complexity index is 294. The van der Waals surface area contributed by atoms with Gasteiger partial charge in [-0.2, -0.15) is 5.10 Å². The fourth-order valence-corrected chi connectivity index (χ4v) is 1.39. The van der Waals surface area contributed by atoms with Gasteiger partial charge in [0, 0.05) is 18.2 Å². The first-order valence-electron chi connectivity index (χ1n) is 5.18. The van der Waals surface area contributed by atoms with E-state index in [-0.39, 0.29) is 5.41 Å². The molecule has 80 valence electrons. The van der Waals surface area contributed by atoms with Crippen molar-refractivity contribution in [3.05, 3.63) is 17.5 Å². The van der Waals surface area contributed by atoms with Gasteiger partial charge in [-0.25, -0.2) is 0 Å². The van der Waals surface area contributed by atoms with Gasteiger partial charge in [0.05, 0.1) is 5.69 Å². The molecule has 1 aromatic rings. The Morgan fingerprint density at radius 1 is 1.43 bits per heavy atom. The van der Waals surface area contributed by atoms with Crippen LogP contribution >= 0.6 is 0 Å². The summed E-state index contributed by atoms with van der Waals surface area (Å²) in [6.07, 6.45) is 2.05. The van der Waals surface area contributed by atoms with E-state index in [0.717, 1.165) is 25.1 Å². The van der Waals surface area contributed by atoms with Crippen molar-refractivity contribution < 1.29 is 0 Å². The minimum absolute atomic E-state index is 0.138.